The molecule has 5 heteroatoms. The quantitative estimate of drug-likeness (QED) is 0.788. The zero-order valence-corrected chi connectivity index (χ0v) is 15.0. The molecule has 2 N–H and O–H groups in total. The molecule has 0 aliphatic heterocycles. The van der Waals surface area contributed by atoms with E-state index in [1.807, 2.05) is 32.9 Å². The molecule has 4 nitrogen and oxygen atoms in total. The van der Waals surface area contributed by atoms with E-state index in [0.29, 0.717) is 12.6 Å². The van der Waals surface area contributed by atoms with Crippen molar-refractivity contribution in [2.45, 2.75) is 53.2 Å². The summed E-state index contributed by atoms with van der Waals surface area (Å²) < 4.78 is 6.76. The smallest absolute Gasteiger partial charge is 0.258 e. The number of halogens is 1. The monoisotopic (exact) mass is 356 g/mol. The fourth-order valence-electron chi connectivity index (χ4n) is 1.95. The van der Waals surface area contributed by atoms with Crippen molar-refractivity contribution in [1.82, 2.24) is 10.6 Å². The predicted molar refractivity (Wildman–Crippen MR) is 89.6 cm³/mol. The van der Waals surface area contributed by atoms with Gasteiger partial charge in [-0.2, -0.15) is 0 Å². The highest BCUT2D eigenvalue weighted by atomic mass is 79.9. The highest BCUT2D eigenvalue weighted by molar-refractivity contribution is 9.10. The van der Waals surface area contributed by atoms with Gasteiger partial charge in [-0.1, -0.05) is 29.8 Å². The Balaban J connectivity index is 2.81. The van der Waals surface area contributed by atoms with Crippen LogP contribution in [-0.2, 0) is 11.3 Å². The Morgan fingerprint density at radius 2 is 1.90 bits per heavy atom. The average Bonchev–Trinajstić information content (AvgIpc) is 2.33. The van der Waals surface area contributed by atoms with Crippen LogP contribution < -0.4 is 15.4 Å². The SMILES string of the molecule is Cc1cc(Br)cc(CNC(C)C)c1OCC(=O)NC(C)C. The van der Waals surface area contributed by atoms with Gasteiger partial charge in [-0.3, -0.25) is 4.79 Å². The van der Waals surface area contributed by atoms with Crippen molar-refractivity contribution in [1.29, 1.82) is 0 Å². The molecule has 0 heterocycles. The van der Waals surface area contributed by atoms with Crippen molar-refractivity contribution < 1.29 is 9.53 Å². The molecular formula is C16H25BrN2O2. The summed E-state index contributed by atoms with van der Waals surface area (Å²) in [4.78, 5) is 11.7. The van der Waals surface area contributed by atoms with Gasteiger partial charge in [0.25, 0.3) is 5.91 Å². The standard InChI is InChI=1S/C16H25BrN2O2/c1-10(2)18-8-13-7-14(17)6-12(5)16(13)21-9-15(20)19-11(3)4/h6-7,10-11,18H,8-9H2,1-5H3,(H,19,20). The minimum absolute atomic E-state index is 0.0370. The van der Waals surface area contributed by atoms with E-state index in [2.05, 4.69) is 40.4 Å². The van der Waals surface area contributed by atoms with Gasteiger partial charge in [0.05, 0.1) is 0 Å². The van der Waals surface area contributed by atoms with E-state index in [9.17, 15) is 4.79 Å². The molecule has 0 spiro atoms. The Hall–Kier alpha value is -1.07. The van der Waals surface area contributed by atoms with Crippen LogP contribution in [0, 0.1) is 6.92 Å². The van der Waals surface area contributed by atoms with E-state index in [-0.39, 0.29) is 18.6 Å². The lowest BCUT2D eigenvalue weighted by molar-refractivity contribution is -0.123. The first-order chi connectivity index (χ1) is 9.79. The summed E-state index contributed by atoms with van der Waals surface area (Å²) >= 11 is 3.50. The van der Waals surface area contributed by atoms with E-state index >= 15 is 0 Å². The maximum absolute atomic E-state index is 11.7. The lowest BCUT2D eigenvalue weighted by atomic mass is 10.1. The van der Waals surface area contributed by atoms with Crippen LogP contribution in [0.15, 0.2) is 16.6 Å². The molecule has 1 amide bonds. The molecule has 118 valence electrons. The number of ether oxygens (including phenoxy) is 1. The third-order valence-electron chi connectivity index (χ3n) is 2.81. The molecule has 0 saturated heterocycles. The predicted octanol–water partition coefficient (Wildman–Crippen LogP) is 3.16. The molecule has 21 heavy (non-hydrogen) atoms. The van der Waals surface area contributed by atoms with Crippen molar-refractivity contribution in [3.8, 4) is 5.75 Å². The first kappa shape index (κ1) is 18.0. The zero-order valence-electron chi connectivity index (χ0n) is 13.4. The molecule has 0 radical (unpaired) electrons. The summed E-state index contributed by atoms with van der Waals surface area (Å²) in [6.45, 7) is 10.8. The van der Waals surface area contributed by atoms with Gasteiger partial charge in [0.2, 0.25) is 0 Å². The molecule has 0 bridgehead atoms. The molecule has 1 rings (SSSR count). The van der Waals surface area contributed by atoms with Gasteiger partial charge in [0, 0.05) is 28.7 Å². The zero-order chi connectivity index (χ0) is 16.0. The van der Waals surface area contributed by atoms with E-state index in [1.54, 1.807) is 0 Å². The Labute approximate surface area is 135 Å². The van der Waals surface area contributed by atoms with Crippen LogP contribution in [0.4, 0.5) is 0 Å². The average molecular weight is 357 g/mol. The van der Waals surface area contributed by atoms with E-state index in [1.165, 1.54) is 0 Å². The summed E-state index contributed by atoms with van der Waals surface area (Å²) in [5.41, 5.74) is 2.07. The fourth-order valence-corrected chi connectivity index (χ4v) is 2.57. The first-order valence-electron chi connectivity index (χ1n) is 7.24. The van der Waals surface area contributed by atoms with E-state index in [0.717, 1.165) is 21.3 Å². The summed E-state index contributed by atoms with van der Waals surface area (Å²) in [7, 11) is 0. The lowest BCUT2D eigenvalue weighted by Crippen LogP contribution is -2.34. The molecule has 0 atom stereocenters. The van der Waals surface area contributed by atoms with Gasteiger partial charge in [-0.15, -0.1) is 0 Å². The summed E-state index contributed by atoms with van der Waals surface area (Å²) in [6.07, 6.45) is 0. The molecule has 0 aromatic heterocycles. The van der Waals surface area contributed by atoms with Gasteiger partial charge in [-0.25, -0.2) is 0 Å². The maximum atomic E-state index is 11.7. The number of carbonyl (C=O) groups is 1. The first-order valence-corrected chi connectivity index (χ1v) is 8.03. The van der Waals surface area contributed by atoms with Crippen LogP contribution in [0.25, 0.3) is 0 Å². The van der Waals surface area contributed by atoms with Gasteiger partial charge in [0.1, 0.15) is 5.75 Å². The second-order valence-corrected chi connectivity index (χ2v) is 6.67. The number of benzene rings is 1. The van der Waals surface area contributed by atoms with Crippen molar-refractivity contribution in [3.63, 3.8) is 0 Å². The Morgan fingerprint density at radius 1 is 1.24 bits per heavy atom. The normalized spacial score (nSPS) is 11.0. The number of amides is 1. The van der Waals surface area contributed by atoms with Crippen molar-refractivity contribution in [2.24, 2.45) is 0 Å². The molecule has 0 saturated carbocycles. The van der Waals surface area contributed by atoms with Crippen LogP contribution in [0.5, 0.6) is 5.75 Å². The third kappa shape index (κ3) is 6.48. The summed E-state index contributed by atoms with van der Waals surface area (Å²) in [5.74, 6) is 0.681. The highest BCUT2D eigenvalue weighted by Crippen LogP contribution is 2.28. The topological polar surface area (TPSA) is 50.4 Å². The van der Waals surface area contributed by atoms with E-state index in [4.69, 9.17) is 4.74 Å². The van der Waals surface area contributed by atoms with Crippen LogP contribution >= 0.6 is 15.9 Å². The van der Waals surface area contributed by atoms with Gasteiger partial charge in [-0.05, 0) is 38.5 Å². The Bertz CT molecular complexity index is 487. The molecule has 1 aromatic rings. The molecule has 0 aliphatic rings. The molecule has 0 fully saturated rings. The van der Waals surface area contributed by atoms with Crippen LogP contribution in [0.1, 0.15) is 38.8 Å². The summed E-state index contributed by atoms with van der Waals surface area (Å²) in [6, 6.07) is 4.53. The van der Waals surface area contributed by atoms with E-state index < -0.39 is 0 Å². The highest BCUT2D eigenvalue weighted by Gasteiger charge is 2.12. The van der Waals surface area contributed by atoms with Crippen molar-refractivity contribution in [3.05, 3.63) is 27.7 Å². The van der Waals surface area contributed by atoms with Crippen LogP contribution in [0.2, 0.25) is 0 Å². The second kappa shape index (κ2) is 8.39. The van der Waals surface area contributed by atoms with Gasteiger partial charge >= 0.3 is 0 Å². The fraction of sp³-hybridized carbons (Fsp3) is 0.562. The molecule has 1 aromatic carbocycles. The molecule has 0 aliphatic carbocycles. The Morgan fingerprint density at radius 3 is 2.48 bits per heavy atom. The molecule has 0 unspecified atom stereocenters. The number of carbonyl (C=O) groups excluding carboxylic acids is 1. The lowest BCUT2D eigenvalue weighted by Gasteiger charge is -2.17. The minimum atomic E-state index is -0.102. The number of hydrogen-bond acceptors (Lipinski definition) is 3. The number of rotatable bonds is 7. The largest absolute Gasteiger partial charge is 0.483 e. The Kier molecular flexibility index (Phi) is 7.18. The van der Waals surface area contributed by atoms with Gasteiger partial charge < -0.3 is 15.4 Å². The number of nitrogens with one attached hydrogen (secondary N) is 2. The number of hydrogen-bond donors (Lipinski definition) is 2. The molecular weight excluding hydrogens is 332 g/mol. The third-order valence-corrected chi connectivity index (χ3v) is 3.27. The minimum Gasteiger partial charge on any atom is -0.483 e. The van der Waals surface area contributed by atoms with Gasteiger partial charge in [0.15, 0.2) is 6.61 Å². The maximum Gasteiger partial charge on any atom is 0.258 e. The van der Waals surface area contributed by atoms with Crippen molar-refractivity contribution in [2.75, 3.05) is 6.61 Å². The second-order valence-electron chi connectivity index (χ2n) is 5.76. The number of aryl methyl sites for hydroxylation is 1. The van der Waals surface area contributed by atoms with Crippen molar-refractivity contribution >= 4 is 21.8 Å². The summed E-state index contributed by atoms with van der Waals surface area (Å²) in [5, 5.41) is 6.20. The van der Waals surface area contributed by atoms with Crippen LogP contribution in [0.3, 0.4) is 0 Å². The van der Waals surface area contributed by atoms with Crippen LogP contribution in [-0.4, -0.2) is 24.6 Å².